The topological polar surface area (TPSA) is 110 Å². The Morgan fingerprint density at radius 2 is 2.07 bits per heavy atom. The van der Waals surface area contributed by atoms with Crippen molar-refractivity contribution in [2.24, 2.45) is 0 Å². The Kier molecular flexibility index (Phi) is 5.72. The van der Waals surface area contributed by atoms with Crippen LogP contribution >= 0.6 is 11.6 Å². The molecule has 28 heavy (non-hydrogen) atoms. The number of hydrogen-bond acceptors (Lipinski definition) is 5. The molecule has 1 aromatic heterocycles. The lowest BCUT2D eigenvalue weighted by Crippen LogP contribution is -2.37. The first-order chi connectivity index (χ1) is 13.3. The number of benzene rings is 2. The highest BCUT2D eigenvalue weighted by Crippen LogP contribution is 2.30. The zero-order valence-corrected chi connectivity index (χ0v) is 16.9. The van der Waals surface area contributed by atoms with E-state index in [1.807, 2.05) is 18.4 Å². The van der Waals surface area contributed by atoms with Gasteiger partial charge in [-0.3, -0.25) is 0 Å². The van der Waals surface area contributed by atoms with Crippen LogP contribution in [0, 0.1) is 18.3 Å². The van der Waals surface area contributed by atoms with E-state index in [1.165, 1.54) is 12.1 Å². The fourth-order valence-electron chi connectivity index (χ4n) is 3.20. The molecule has 0 amide bonds. The van der Waals surface area contributed by atoms with Crippen molar-refractivity contribution in [2.75, 3.05) is 6.61 Å². The van der Waals surface area contributed by atoms with Crippen molar-refractivity contribution in [1.82, 2.24) is 4.98 Å². The molecule has 0 unspecified atom stereocenters. The lowest BCUT2D eigenvalue weighted by molar-refractivity contribution is -0.714. The van der Waals surface area contributed by atoms with Crippen LogP contribution in [0.3, 0.4) is 0 Å². The van der Waals surface area contributed by atoms with E-state index in [4.69, 9.17) is 16.3 Å². The second-order valence-corrected chi connectivity index (χ2v) is 7.97. The highest BCUT2D eigenvalue weighted by atomic mass is 35.5. The molecule has 0 saturated heterocycles. The zero-order chi connectivity index (χ0) is 20.5. The standard InChI is InChI=1S/C19H18ClN3O4S/c1-3-27-11-23-12(2)22-19-14(15(10-21)16(20)9-17(19)23)8-13-6-4-5-7-18(13)28(24,25)26/h4-7,9H,3,8,11H2,1-2H3,(H,24,25,26). The molecule has 0 atom stereocenters. The van der Waals surface area contributed by atoms with Crippen LogP contribution in [-0.2, 0) is 28.0 Å². The van der Waals surface area contributed by atoms with Gasteiger partial charge in [0.25, 0.3) is 5.82 Å². The van der Waals surface area contributed by atoms with Gasteiger partial charge in [-0.15, -0.1) is 0 Å². The predicted molar refractivity (Wildman–Crippen MR) is 102 cm³/mol. The minimum Gasteiger partial charge on any atom is -0.744 e. The minimum atomic E-state index is -4.65. The molecule has 0 aliphatic rings. The van der Waals surface area contributed by atoms with E-state index in [0.29, 0.717) is 30.0 Å². The Hall–Kier alpha value is -2.44. The number of ether oxygens (including phenoxy) is 1. The molecule has 0 bridgehead atoms. The van der Waals surface area contributed by atoms with Gasteiger partial charge in [0.2, 0.25) is 0 Å². The highest BCUT2D eigenvalue weighted by Gasteiger charge is 2.24. The first kappa shape index (κ1) is 20.3. The van der Waals surface area contributed by atoms with E-state index < -0.39 is 10.1 Å². The van der Waals surface area contributed by atoms with Crippen molar-refractivity contribution in [3.8, 4) is 6.07 Å². The van der Waals surface area contributed by atoms with Gasteiger partial charge in [-0.2, -0.15) is 5.26 Å². The molecule has 0 aliphatic carbocycles. The van der Waals surface area contributed by atoms with E-state index in [9.17, 15) is 18.2 Å². The summed E-state index contributed by atoms with van der Waals surface area (Å²) in [6.45, 7) is 4.58. The van der Waals surface area contributed by atoms with Gasteiger partial charge >= 0.3 is 0 Å². The van der Waals surface area contributed by atoms with E-state index in [2.05, 4.69) is 11.1 Å². The third kappa shape index (κ3) is 3.75. The average Bonchev–Trinajstić information content (AvgIpc) is 2.95. The maximum absolute atomic E-state index is 11.6. The minimum absolute atomic E-state index is 0.0617. The van der Waals surface area contributed by atoms with Crippen LogP contribution in [0.2, 0.25) is 5.02 Å². The molecule has 3 aromatic rings. The molecule has 1 N–H and O–H groups in total. The normalized spacial score (nSPS) is 11.7. The summed E-state index contributed by atoms with van der Waals surface area (Å²) < 4.78 is 42.3. The number of aryl methyl sites for hydroxylation is 1. The second-order valence-electron chi connectivity index (χ2n) is 6.22. The highest BCUT2D eigenvalue weighted by molar-refractivity contribution is 7.85. The Labute approximate surface area is 167 Å². The van der Waals surface area contributed by atoms with E-state index in [0.717, 1.165) is 11.3 Å². The van der Waals surface area contributed by atoms with Crippen LogP contribution in [0.4, 0.5) is 0 Å². The lowest BCUT2D eigenvalue weighted by atomic mass is 9.98. The first-order valence-corrected chi connectivity index (χ1v) is 10.3. The van der Waals surface area contributed by atoms with Crippen molar-refractivity contribution in [3.63, 3.8) is 0 Å². The summed E-state index contributed by atoms with van der Waals surface area (Å²) in [6.07, 6.45) is 0.0617. The molecule has 7 nitrogen and oxygen atoms in total. The van der Waals surface area contributed by atoms with Crippen LogP contribution in [0.25, 0.3) is 11.0 Å². The third-order valence-electron chi connectivity index (χ3n) is 4.51. The van der Waals surface area contributed by atoms with Gasteiger partial charge in [-0.1, -0.05) is 29.8 Å². The maximum Gasteiger partial charge on any atom is 0.253 e. The van der Waals surface area contributed by atoms with Crippen LogP contribution in [0.1, 0.15) is 29.4 Å². The number of hydrogen-bond donors (Lipinski definition) is 1. The number of rotatable bonds is 6. The SMILES string of the molecule is CCOC[n+]1c(C)[nH]c2c(Cc3ccccc3S(=O)(=O)[O-])c(C#N)c(Cl)cc21. The second kappa shape index (κ2) is 7.89. The maximum atomic E-state index is 11.6. The van der Waals surface area contributed by atoms with Crippen molar-refractivity contribution in [1.29, 1.82) is 5.26 Å². The van der Waals surface area contributed by atoms with Gasteiger partial charge in [0.15, 0.2) is 17.8 Å². The molecular formula is C19H18ClN3O4S. The summed E-state index contributed by atoms with van der Waals surface area (Å²) in [5.74, 6) is 0.792. The molecule has 2 aromatic carbocycles. The molecule has 146 valence electrons. The molecule has 0 spiro atoms. The van der Waals surface area contributed by atoms with Crippen molar-refractivity contribution >= 4 is 32.8 Å². The average molecular weight is 420 g/mol. The van der Waals surface area contributed by atoms with E-state index in [-0.39, 0.29) is 21.9 Å². The van der Waals surface area contributed by atoms with Gasteiger partial charge in [0.05, 0.1) is 15.5 Å². The van der Waals surface area contributed by atoms with Crippen molar-refractivity contribution in [2.45, 2.75) is 31.9 Å². The first-order valence-electron chi connectivity index (χ1n) is 8.53. The number of aromatic amines is 1. The van der Waals surface area contributed by atoms with Gasteiger partial charge in [-0.05, 0) is 18.6 Å². The molecule has 9 heteroatoms. The van der Waals surface area contributed by atoms with Crippen molar-refractivity contribution < 1.29 is 22.3 Å². The van der Waals surface area contributed by atoms with Gasteiger partial charge in [0, 0.05) is 31.6 Å². The van der Waals surface area contributed by atoms with Gasteiger partial charge < -0.3 is 9.29 Å². The number of aromatic nitrogens is 2. The number of nitrogens with zero attached hydrogens (tertiary/aromatic N) is 2. The Bertz CT molecular complexity index is 1200. The number of nitriles is 1. The Morgan fingerprint density at radius 1 is 1.36 bits per heavy atom. The monoisotopic (exact) mass is 419 g/mol. The molecule has 3 rings (SSSR count). The smallest absolute Gasteiger partial charge is 0.253 e. The van der Waals surface area contributed by atoms with Gasteiger partial charge in [-0.25, -0.2) is 18.0 Å². The Morgan fingerprint density at radius 3 is 2.71 bits per heavy atom. The molecule has 0 fully saturated rings. The molecule has 0 radical (unpaired) electrons. The number of halogens is 1. The summed E-state index contributed by atoms with van der Waals surface area (Å²) >= 11 is 6.35. The number of fused-ring (bicyclic) bond motifs is 1. The fourth-order valence-corrected chi connectivity index (χ4v) is 4.17. The molecule has 1 heterocycles. The molecule has 0 saturated carbocycles. The lowest BCUT2D eigenvalue weighted by Gasteiger charge is -2.13. The van der Waals surface area contributed by atoms with E-state index >= 15 is 0 Å². The number of H-pyrrole nitrogens is 1. The summed E-state index contributed by atoms with van der Waals surface area (Å²) in [6, 6.07) is 9.72. The van der Waals surface area contributed by atoms with Gasteiger partial charge in [0.1, 0.15) is 16.2 Å². The van der Waals surface area contributed by atoms with Crippen molar-refractivity contribution in [3.05, 3.63) is 57.9 Å². The predicted octanol–water partition coefficient (Wildman–Crippen LogP) is 2.78. The summed E-state index contributed by atoms with van der Waals surface area (Å²) in [4.78, 5) is 2.92. The zero-order valence-electron chi connectivity index (χ0n) is 15.3. The Balaban J connectivity index is 2.25. The van der Waals surface area contributed by atoms with Crippen LogP contribution in [0.15, 0.2) is 35.2 Å². The third-order valence-corrected chi connectivity index (χ3v) is 5.74. The largest absolute Gasteiger partial charge is 0.744 e. The summed E-state index contributed by atoms with van der Waals surface area (Å²) in [5, 5.41) is 9.87. The van der Waals surface area contributed by atoms with Crippen LogP contribution in [-0.4, -0.2) is 24.6 Å². The van der Waals surface area contributed by atoms with Crippen LogP contribution in [0.5, 0.6) is 0 Å². The molecular weight excluding hydrogens is 402 g/mol. The summed E-state index contributed by atoms with van der Waals surface area (Å²) in [7, 11) is -4.65. The van der Waals surface area contributed by atoms with Crippen LogP contribution < -0.4 is 4.57 Å². The quantitative estimate of drug-likeness (QED) is 0.488. The number of imidazole rings is 1. The van der Waals surface area contributed by atoms with E-state index in [1.54, 1.807) is 18.2 Å². The fraction of sp³-hybridized carbons (Fsp3) is 0.263. The molecule has 0 aliphatic heterocycles. The summed E-state index contributed by atoms with van der Waals surface area (Å²) in [5.41, 5.74) is 2.45. The number of nitrogens with one attached hydrogen (secondary N) is 1.